The van der Waals surface area contributed by atoms with Crippen LogP contribution in [-0.2, 0) is 5.88 Å². The highest BCUT2D eigenvalue weighted by Gasteiger charge is 2.23. The standard InChI is InChI=1S/C13H18ClNO/c1-10-4-2-3-5-12(10)16-13-6-7-15-9-11(13)8-14/h6-7,9-10,12H,2-5,8H2,1H3. The molecule has 0 aromatic carbocycles. The Morgan fingerprint density at radius 2 is 2.25 bits per heavy atom. The average molecular weight is 240 g/mol. The van der Waals surface area contributed by atoms with E-state index in [4.69, 9.17) is 16.3 Å². The fraction of sp³-hybridized carbons (Fsp3) is 0.615. The van der Waals surface area contributed by atoms with Gasteiger partial charge in [0, 0.05) is 18.0 Å². The van der Waals surface area contributed by atoms with Crippen LogP contribution in [0.2, 0.25) is 0 Å². The van der Waals surface area contributed by atoms with Crippen LogP contribution in [0, 0.1) is 5.92 Å². The minimum atomic E-state index is 0.345. The maximum atomic E-state index is 6.07. The van der Waals surface area contributed by atoms with E-state index in [1.165, 1.54) is 19.3 Å². The lowest BCUT2D eigenvalue weighted by Gasteiger charge is -2.29. The molecule has 1 saturated carbocycles. The normalized spacial score (nSPS) is 25.4. The zero-order valence-corrected chi connectivity index (χ0v) is 10.4. The molecule has 2 unspecified atom stereocenters. The lowest BCUT2D eigenvalue weighted by molar-refractivity contribution is 0.102. The Balaban J connectivity index is 2.07. The monoisotopic (exact) mass is 239 g/mol. The van der Waals surface area contributed by atoms with Crippen LogP contribution in [0.4, 0.5) is 0 Å². The second kappa shape index (κ2) is 5.53. The molecule has 1 heterocycles. The van der Waals surface area contributed by atoms with E-state index in [2.05, 4.69) is 11.9 Å². The Kier molecular flexibility index (Phi) is 4.05. The zero-order valence-electron chi connectivity index (χ0n) is 9.66. The molecule has 3 heteroatoms. The summed E-state index contributed by atoms with van der Waals surface area (Å²) in [6.45, 7) is 2.27. The topological polar surface area (TPSA) is 22.1 Å². The summed E-state index contributed by atoms with van der Waals surface area (Å²) in [7, 11) is 0. The quantitative estimate of drug-likeness (QED) is 0.749. The van der Waals surface area contributed by atoms with E-state index < -0.39 is 0 Å². The second-order valence-electron chi connectivity index (χ2n) is 4.54. The van der Waals surface area contributed by atoms with Gasteiger partial charge in [-0.15, -0.1) is 11.6 Å². The Hall–Kier alpha value is -0.760. The molecule has 2 rings (SSSR count). The highest BCUT2D eigenvalue weighted by molar-refractivity contribution is 6.17. The molecule has 0 radical (unpaired) electrons. The van der Waals surface area contributed by atoms with Crippen LogP contribution in [0.25, 0.3) is 0 Å². The number of hydrogen-bond donors (Lipinski definition) is 0. The van der Waals surface area contributed by atoms with Crippen LogP contribution < -0.4 is 4.74 Å². The van der Waals surface area contributed by atoms with E-state index >= 15 is 0 Å². The Morgan fingerprint density at radius 3 is 3.00 bits per heavy atom. The van der Waals surface area contributed by atoms with Crippen molar-refractivity contribution in [2.24, 2.45) is 5.92 Å². The highest BCUT2D eigenvalue weighted by Crippen LogP contribution is 2.29. The van der Waals surface area contributed by atoms with Gasteiger partial charge < -0.3 is 4.74 Å². The van der Waals surface area contributed by atoms with E-state index in [0.717, 1.165) is 17.7 Å². The van der Waals surface area contributed by atoms with Crippen molar-refractivity contribution in [3.8, 4) is 5.75 Å². The summed E-state index contributed by atoms with van der Waals surface area (Å²) in [4.78, 5) is 4.06. The number of aromatic nitrogens is 1. The maximum Gasteiger partial charge on any atom is 0.127 e. The molecule has 0 amide bonds. The van der Waals surface area contributed by atoms with Gasteiger partial charge in [0.15, 0.2) is 0 Å². The largest absolute Gasteiger partial charge is 0.490 e. The SMILES string of the molecule is CC1CCCCC1Oc1ccncc1CCl. The molecule has 1 aliphatic rings. The van der Waals surface area contributed by atoms with Crippen molar-refractivity contribution in [1.29, 1.82) is 0 Å². The number of hydrogen-bond acceptors (Lipinski definition) is 2. The first-order valence-corrected chi connectivity index (χ1v) is 6.50. The van der Waals surface area contributed by atoms with E-state index in [1.807, 2.05) is 6.07 Å². The third-order valence-electron chi connectivity index (χ3n) is 3.31. The number of rotatable bonds is 3. The van der Waals surface area contributed by atoms with E-state index in [-0.39, 0.29) is 0 Å². The first kappa shape index (κ1) is 11.7. The summed E-state index contributed by atoms with van der Waals surface area (Å²) in [6.07, 6.45) is 8.93. The predicted octanol–water partition coefficient (Wildman–Crippen LogP) is 3.78. The van der Waals surface area contributed by atoms with Crippen molar-refractivity contribution in [3.63, 3.8) is 0 Å². The van der Waals surface area contributed by atoms with Crippen LogP contribution in [0.15, 0.2) is 18.5 Å². The Morgan fingerprint density at radius 1 is 1.44 bits per heavy atom. The molecule has 0 spiro atoms. The van der Waals surface area contributed by atoms with Gasteiger partial charge in [0.25, 0.3) is 0 Å². The first-order valence-electron chi connectivity index (χ1n) is 5.96. The minimum absolute atomic E-state index is 0.345. The first-order chi connectivity index (χ1) is 7.81. The van der Waals surface area contributed by atoms with Crippen molar-refractivity contribution in [3.05, 3.63) is 24.0 Å². The van der Waals surface area contributed by atoms with Gasteiger partial charge in [-0.05, 0) is 31.2 Å². The summed E-state index contributed by atoms with van der Waals surface area (Å²) in [6, 6.07) is 1.92. The van der Waals surface area contributed by atoms with E-state index in [0.29, 0.717) is 17.9 Å². The van der Waals surface area contributed by atoms with Gasteiger partial charge in [-0.2, -0.15) is 0 Å². The van der Waals surface area contributed by atoms with Crippen LogP contribution in [0.3, 0.4) is 0 Å². The van der Waals surface area contributed by atoms with Crippen LogP contribution in [0.5, 0.6) is 5.75 Å². The van der Waals surface area contributed by atoms with Gasteiger partial charge in [0.2, 0.25) is 0 Å². The molecule has 0 bridgehead atoms. The van der Waals surface area contributed by atoms with E-state index in [9.17, 15) is 0 Å². The molecule has 88 valence electrons. The summed E-state index contributed by atoms with van der Waals surface area (Å²) >= 11 is 5.87. The fourth-order valence-electron chi connectivity index (χ4n) is 2.25. The number of ether oxygens (including phenoxy) is 1. The smallest absolute Gasteiger partial charge is 0.127 e. The van der Waals surface area contributed by atoms with E-state index in [1.54, 1.807) is 12.4 Å². The van der Waals surface area contributed by atoms with Crippen LogP contribution >= 0.6 is 11.6 Å². The molecule has 2 nitrogen and oxygen atoms in total. The second-order valence-corrected chi connectivity index (χ2v) is 4.80. The van der Waals surface area contributed by atoms with Gasteiger partial charge in [0.05, 0.1) is 5.88 Å². The summed E-state index contributed by atoms with van der Waals surface area (Å²) in [5, 5.41) is 0. The van der Waals surface area contributed by atoms with Crippen molar-refractivity contribution < 1.29 is 4.74 Å². The Bertz CT molecular complexity index is 342. The molecule has 0 aliphatic heterocycles. The van der Waals surface area contributed by atoms with Gasteiger partial charge in [-0.1, -0.05) is 13.3 Å². The minimum Gasteiger partial charge on any atom is -0.490 e. The number of alkyl halides is 1. The molecule has 0 saturated heterocycles. The van der Waals surface area contributed by atoms with Gasteiger partial charge in [-0.25, -0.2) is 0 Å². The van der Waals surface area contributed by atoms with Crippen molar-refractivity contribution >= 4 is 11.6 Å². The predicted molar refractivity (Wildman–Crippen MR) is 65.8 cm³/mol. The molecule has 1 aliphatic carbocycles. The number of nitrogens with zero attached hydrogens (tertiary/aromatic N) is 1. The van der Waals surface area contributed by atoms with Crippen LogP contribution in [-0.4, -0.2) is 11.1 Å². The lowest BCUT2D eigenvalue weighted by atomic mass is 9.88. The van der Waals surface area contributed by atoms with Crippen molar-refractivity contribution in [2.45, 2.75) is 44.6 Å². The molecule has 0 N–H and O–H groups in total. The van der Waals surface area contributed by atoms with Gasteiger partial charge in [-0.3, -0.25) is 4.98 Å². The molecular formula is C13H18ClNO. The number of halogens is 1. The molecule has 2 atom stereocenters. The third-order valence-corrected chi connectivity index (χ3v) is 3.60. The molecule has 1 fully saturated rings. The summed E-state index contributed by atoms with van der Waals surface area (Å²) in [5.41, 5.74) is 0.988. The van der Waals surface area contributed by atoms with Gasteiger partial charge in [0.1, 0.15) is 11.9 Å². The summed E-state index contributed by atoms with van der Waals surface area (Å²) in [5.74, 6) is 2.01. The maximum absolute atomic E-state index is 6.07. The average Bonchev–Trinajstić information content (AvgIpc) is 2.33. The molecule has 1 aromatic rings. The number of pyridine rings is 1. The molecular weight excluding hydrogens is 222 g/mol. The highest BCUT2D eigenvalue weighted by atomic mass is 35.5. The molecule has 16 heavy (non-hydrogen) atoms. The lowest BCUT2D eigenvalue weighted by Crippen LogP contribution is -2.28. The van der Waals surface area contributed by atoms with Crippen molar-refractivity contribution in [1.82, 2.24) is 4.98 Å². The fourth-order valence-corrected chi connectivity index (χ4v) is 2.45. The summed E-state index contributed by atoms with van der Waals surface area (Å²) < 4.78 is 6.07. The zero-order chi connectivity index (χ0) is 11.4. The Labute approximate surface area is 102 Å². The van der Waals surface area contributed by atoms with Crippen LogP contribution in [0.1, 0.15) is 38.2 Å². The van der Waals surface area contributed by atoms with Gasteiger partial charge >= 0.3 is 0 Å². The third kappa shape index (κ3) is 2.67. The molecule has 1 aromatic heterocycles. The van der Waals surface area contributed by atoms with Crippen molar-refractivity contribution in [2.75, 3.05) is 0 Å².